The number of rotatable bonds is 6. The fourth-order valence-corrected chi connectivity index (χ4v) is 10.5. The van der Waals surface area contributed by atoms with Crippen LogP contribution in [0.1, 0.15) is 56.4 Å². The molecule has 0 N–H and O–H groups in total. The summed E-state index contributed by atoms with van der Waals surface area (Å²) >= 11 is 0. The highest BCUT2D eigenvalue weighted by Crippen LogP contribution is 2.54. The molecule has 0 amide bonds. The summed E-state index contributed by atoms with van der Waals surface area (Å²) in [7, 11) is -1.19. The van der Waals surface area contributed by atoms with Crippen molar-refractivity contribution in [2.24, 2.45) is 0 Å². The predicted octanol–water partition coefficient (Wildman–Crippen LogP) is 11.0. The first-order chi connectivity index (χ1) is 21.6. The van der Waals surface area contributed by atoms with E-state index in [1.165, 1.54) is 55.7 Å². The second kappa shape index (κ2) is 10.7. The van der Waals surface area contributed by atoms with Crippen LogP contribution in [0.25, 0.3) is 45.6 Å². The lowest BCUT2D eigenvalue weighted by Gasteiger charge is -2.30. The Kier molecular flexibility index (Phi) is 6.50. The first-order valence-electron chi connectivity index (χ1n) is 15.3. The zero-order valence-electron chi connectivity index (χ0n) is 25.2. The Morgan fingerprint density at radius 2 is 0.909 bits per heavy atom. The number of allylic oxidation sites excluding steroid dienone is 2. The van der Waals surface area contributed by atoms with Crippen LogP contribution >= 0.6 is 0 Å². The zero-order chi connectivity index (χ0) is 29.8. The molecule has 0 saturated heterocycles. The second-order valence-corrected chi connectivity index (χ2v) is 14.6. The summed E-state index contributed by atoms with van der Waals surface area (Å²) in [5.74, 6) is 3.83. The van der Waals surface area contributed by atoms with Gasteiger partial charge in [-0.1, -0.05) is 104 Å². The third-order valence-corrected chi connectivity index (χ3v) is 12.3. The predicted molar refractivity (Wildman–Crippen MR) is 183 cm³/mol. The topological polar surface area (TPSA) is 26.3 Å². The van der Waals surface area contributed by atoms with E-state index in [4.69, 9.17) is 8.83 Å². The fourth-order valence-electron chi connectivity index (χ4n) is 7.30. The minimum Gasteiger partial charge on any atom is -0.462 e. The van der Waals surface area contributed by atoms with Gasteiger partial charge in [0.05, 0.1) is 8.80 Å². The van der Waals surface area contributed by atoms with Crippen LogP contribution in [0, 0.1) is 13.8 Å². The quantitative estimate of drug-likeness (QED) is 0.182. The molecule has 0 saturated carbocycles. The first kappa shape index (κ1) is 26.7. The van der Waals surface area contributed by atoms with Crippen molar-refractivity contribution in [3.63, 3.8) is 0 Å². The summed E-state index contributed by atoms with van der Waals surface area (Å²) in [6.07, 6.45) is 4.82. The van der Waals surface area contributed by atoms with E-state index in [2.05, 4.69) is 140 Å². The molecule has 4 aromatic carbocycles. The monoisotopic (exact) mass is 585 g/mol. The normalized spacial score (nSPS) is 17.0. The van der Waals surface area contributed by atoms with Gasteiger partial charge in [0.2, 0.25) is 0 Å². The Bertz CT molecular complexity index is 1910. The fraction of sp³-hybridized carbons (Fsp3) is 0.122. The van der Waals surface area contributed by atoms with Gasteiger partial charge in [0.15, 0.2) is 0 Å². The maximum Gasteiger partial charge on any atom is 0.130 e. The molecule has 2 aliphatic carbocycles. The highest BCUT2D eigenvalue weighted by molar-refractivity contribution is 6.66. The first-order valence-corrected chi connectivity index (χ1v) is 17.5. The van der Waals surface area contributed by atoms with Gasteiger partial charge in [-0.15, -0.1) is 0 Å². The molecule has 0 aliphatic heterocycles. The molecule has 2 aromatic heterocycles. The molecular formula is C41H33O2Si. The van der Waals surface area contributed by atoms with Gasteiger partial charge < -0.3 is 8.83 Å². The minimum atomic E-state index is -1.19. The minimum absolute atomic E-state index is 0.236. The second-order valence-electron chi connectivity index (χ2n) is 12.0. The average Bonchev–Trinajstić information content (AvgIpc) is 3.85. The molecule has 0 fully saturated rings. The Hall–Kier alpha value is -4.86. The molecular weight excluding hydrogens is 553 g/mol. The van der Waals surface area contributed by atoms with Gasteiger partial charge in [0.25, 0.3) is 0 Å². The van der Waals surface area contributed by atoms with Crippen LogP contribution < -0.4 is 0 Å². The Balaban J connectivity index is 1.32. The van der Waals surface area contributed by atoms with Crippen LogP contribution in [-0.4, -0.2) is 8.80 Å². The molecule has 3 heteroatoms. The third kappa shape index (κ3) is 4.39. The molecule has 2 unspecified atom stereocenters. The molecule has 1 radical (unpaired) electrons. The van der Waals surface area contributed by atoms with Crippen molar-refractivity contribution < 1.29 is 8.83 Å². The van der Waals surface area contributed by atoms with Crippen LogP contribution in [0.5, 0.6) is 0 Å². The summed E-state index contributed by atoms with van der Waals surface area (Å²) in [6.45, 7) is 6.58. The summed E-state index contributed by atoms with van der Waals surface area (Å²) in [5.41, 5.74) is 13.5. The van der Waals surface area contributed by atoms with E-state index in [1.54, 1.807) is 0 Å². The summed E-state index contributed by atoms with van der Waals surface area (Å²) in [5, 5.41) is 0. The molecule has 44 heavy (non-hydrogen) atoms. The molecule has 0 spiro atoms. The molecule has 213 valence electrons. The standard InChI is InChI=1S/C41H33O2Si/c1-26-20-22-38(42-26)36-24-34-30(28-12-6-4-7-13-28)16-10-18-32(34)40(36)44(3)41-33-19-11-17-31(29-14-8-5-9-15-29)35(33)25-37(41)39-23-21-27(2)43-39/h4-25,40-41H,1-3H3. The number of benzene rings is 4. The van der Waals surface area contributed by atoms with E-state index in [9.17, 15) is 0 Å². The third-order valence-electron chi connectivity index (χ3n) is 9.25. The van der Waals surface area contributed by atoms with E-state index >= 15 is 0 Å². The summed E-state index contributed by atoms with van der Waals surface area (Å²) in [6, 6.07) is 43.7. The molecule has 8 rings (SSSR count). The SMILES string of the molecule is Cc1ccc(C2=Cc3c(-c4ccccc4)cccc3C2[Si](C)C2C(c3ccc(C)o3)=Cc3c(-c4ccccc4)cccc32)o1. The van der Waals surface area contributed by atoms with Gasteiger partial charge in [-0.3, -0.25) is 0 Å². The molecule has 6 aromatic rings. The van der Waals surface area contributed by atoms with E-state index < -0.39 is 8.80 Å². The van der Waals surface area contributed by atoms with Gasteiger partial charge in [-0.05, 0) is 106 Å². The molecule has 0 bridgehead atoms. The van der Waals surface area contributed by atoms with E-state index in [1.807, 2.05) is 13.8 Å². The molecule has 2 nitrogen and oxygen atoms in total. The maximum atomic E-state index is 6.36. The van der Waals surface area contributed by atoms with Crippen molar-refractivity contribution in [1.82, 2.24) is 0 Å². The molecule has 2 aliphatic rings. The van der Waals surface area contributed by atoms with Crippen molar-refractivity contribution in [2.45, 2.75) is 31.5 Å². The zero-order valence-corrected chi connectivity index (χ0v) is 26.2. The summed E-state index contributed by atoms with van der Waals surface area (Å²) < 4.78 is 12.7. The lowest BCUT2D eigenvalue weighted by Crippen LogP contribution is -2.28. The Labute approximate surface area is 260 Å². The van der Waals surface area contributed by atoms with Crippen molar-refractivity contribution in [3.05, 3.63) is 167 Å². The van der Waals surface area contributed by atoms with Crippen LogP contribution in [0.4, 0.5) is 0 Å². The lowest BCUT2D eigenvalue weighted by atomic mass is 9.97. The maximum absolute atomic E-state index is 6.36. The van der Waals surface area contributed by atoms with E-state index in [0.717, 1.165) is 23.0 Å². The van der Waals surface area contributed by atoms with Crippen LogP contribution in [0.15, 0.2) is 130 Å². The smallest absolute Gasteiger partial charge is 0.130 e. The van der Waals surface area contributed by atoms with Crippen molar-refractivity contribution >= 4 is 32.1 Å². The van der Waals surface area contributed by atoms with Gasteiger partial charge >= 0.3 is 0 Å². The number of hydrogen-bond donors (Lipinski definition) is 0. The van der Waals surface area contributed by atoms with Gasteiger partial charge in [0.1, 0.15) is 23.0 Å². The van der Waals surface area contributed by atoms with Crippen molar-refractivity contribution in [2.75, 3.05) is 0 Å². The van der Waals surface area contributed by atoms with Gasteiger partial charge in [0, 0.05) is 11.1 Å². The average molecular weight is 586 g/mol. The largest absolute Gasteiger partial charge is 0.462 e. The van der Waals surface area contributed by atoms with Crippen molar-refractivity contribution in [3.8, 4) is 22.3 Å². The number of aryl methyl sites for hydroxylation is 2. The van der Waals surface area contributed by atoms with Crippen molar-refractivity contribution in [1.29, 1.82) is 0 Å². The Morgan fingerprint density at radius 3 is 1.30 bits per heavy atom. The summed E-state index contributed by atoms with van der Waals surface area (Å²) in [4.78, 5) is 0. The van der Waals surface area contributed by atoms with E-state index in [0.29, 0.717) is 0 Å². The van der Waals surface area contributed by atoms with Gasteiger partial charge in [-0.25, -0.2) is 0 Å². The lowest BCUT2D eigenvalue weighted by molar-refractivity contribution is 0.519. The van der Waals surface area contributed by atoms with Crippen LogP contribution in [0.3, 0.4) is 0 Å². The van der Waals surface area contributed by atoms with E-state index in [-0.39, 0.29) is 11.1 Å². The number of fused-ring (bicyclic) bond motifs is 2. The van der Waals surface area contributed by atoms with Gasteiger partial charge in [-0.2, -0.15) is 0 Å². The van der Waals surface area contributed by atoms with Crippen LogP contribution in [-0.2, 0) is 0 Å². The highest BCUT2D eigenvalue weighted by Gasteiger charge is 2.43. The molecule has 2 atom stereocenters. The molecule has 2 heterocycles. The Morgan fingerprint density at radius 1 is 0.477 bits per heavy atom. The number of hydrogen-bond acceptors (Lipinski definition) is 2. The van der Waals surface area contributed by atoms with Crippen LogP contribution in [0.2, 0.25) is 6.55 Å². The highest BCUT2D eigenvalue weighted by atomic mass is 28.3. The number of furan rings is 2.